The normalized spacial score (nSPS) is 13.5. The number of urea groups is 1. The van der Waals surface area contributed by atoms with Gasteiger partial charge in [-0.1, -0.05) is 6.07 Å². The number of aliphatic hydroxyl groups excluding tert-OH is 3. The second-order valence-electron chi connectivity index (χ2n) is 8.10. The van der Waals surface area contributed by atoms with Gasteiger partial charge in [0.05, 0.1) is 32.1 Å². The number of nitrogens with one attached hydrogen (secondary N) is 2. The van der Waals surface area contributed by atoms with Crippen LogP contribution < -0.4 is 15.5 Å². The molecule has 4 rings (SSSR count). The zero-order valence-electron chi connectivity index (χ0n) is 18.5. The van der Waals surface area contributed by atoms with Crippen LogP contribution in [0.25, 0.3) is 11.3 Å². The number of nitrogens with zero attached hydrogens (tertiary/aromatic N) is 3. The summed E-state index contributed by atoms with van der Waals surface area (Å²) in [5, 5.41) is 34.4. The molecule has 1 aliphatic heterocycles. The van der Waals surface area contributed by atoms with Crippen LogP contribution in [-0.2, 0) is 6.54 Å². The van der Waals surface area contributed by atoms with Gasteiger partial charge in [-0.3, -0.25) is 0 Å². The highest BCUT2D eigenvalue weighted by molar-refractivity contribution is 6.02. The van der Waals surface area contributed by atoms with E-state index < -0.39 is 54.5 Å². The predicted octanol–water partition coefficient (Wildman–Crippen LogP) is 2.36. The average molecular weight is 489 g/mol. The number of hydrogen-bond donors (Lipinski definition) is 5. The molecule has 3 aromatic rings. The molecule has 0 unspecified atom stereocenters. The Labute approximate surface area is 197 Å². The number of benzene rings is 2. The summed E-state index contributed by atoms with van der Waals surface area (Å²) in [6.45, 7) is -0.597. The number of anilines is 3. The van der Waals surface area contributed by atoms with E-state index in [0.29, 0.717) is 11.1 Å². The Bertz CT molecular complexity index is 1260. The number of aryl methyl sites for hydroxylation is 1. The third-order valence-electron chi connectivity index (χ3n) is 5.71. The number of para-hydroxylation sites is 1. The van der Waals surface area contributed by atoms with Crippen molar-refractivity contribution >= 4 is 23.5 Å². The van der Waals surface area contributed by atoms with Crippen molar-refractivity contribution in [2.45, 2.75) is 19.0 Å². The van der Waals surface area contributed by atoms with Crippen LogP contribution in [0.4, 0.5) is 35.4 Å². The molecule has 2 heterocycles. The van der Waals surface area contributed by atoms with Crippen molar-refractivity contribution in [3.05, 3.63) is 65.0 Å². The molecule has 0 aliphatic carbocycles. The molecular formula is C23H22F3N5O4. The number of rotatable bonds is 7. The van der Waals surface area contributed by atoms with E-state index in [0.717, 1.165) is 23.1 Å². The summed E-state index contributed by atoms with van der Waals surface area (Å²) in [5.41, 5.74) is -0.894. The lowest BCUT2D eigenvalue weighted by Gasteiger charge is -2.33. The van der Waals surface area contributed by atoms with Crippen LogP contribution in [0.3, 0.4) is 0 Å². The number of fused-ring (bicyclic) bond motifs is 1. The van der Waals surface area contributed by atoms with E-state index in [2.05, 4.69) is 20.6 Å². The molecule has 184 valence electrons. The molecule has 1 aromatic heterocycles. The Morgan fingerprint density at radius 2 is 1.71 bits per heavy atom. The fraction of sp³-hybridized carbons (Fsp3) is 0.261. The molecule has 35 heavy (non-hydrogen) atoms. The number of hydrogen-bond acceptors (Lipinski definition) is 7. The molecule has 1 aliphatic rings. The molecule has 9 nitrogen and oxygen atoms in total. The predicted molar refractivity (Wildman–Crippen MR) is 121 cm³/mol. The summed E-state index contributed by atoms with van der Waals surface area (Å²) in [5.74, 6) is -2.95. The molecule has 0 fully saturated rings. The van der Waals surface area contributed by atoms with Gasteiger partial charge >= 0.3 is 6.03 Å². The fourth-order valence-corrected chi connectivity index (χ4v) is 3.75. The van der Waals surface area contributed by atoms with Gasteiger partial charge in [0.2, 0.25) is 5.95 Å². The minimum absolute atomic E-state index is 0.0989. The Hall–Kier alpha value is -3.74. The molecule has 0 bridgehead atoms. The smallest absolute Gasteiger partial charge is 0.328 e. The molecule has 0 saturated heterocycles. The molecule has 12 heteroatoms. The van der Waals surface area contributed by atoms with E-state index in [1.807, 2.05) is 0 Å². The summed E-state index contributed by atoms with van der Waals surface area (Å²) in [6, 6.07) is 6.20. The van der Waals surface area contributed by atoms with Gasteiger partial charge in [-0.25, -0.2) is 27.8 Å². The van der Waals surface area contributed by atoms with Crippen molar-refractivity contribution in [3.63, 3.8) is 0 Å². The average Bonchev–Trinajstić information content (AvgIpc) is 2.83. The fourth-order valence-electron chi connectivity index (χ4n) is 3.75. The third-order valence-corrected chi connectivity index (χ3v) is 5.71. The van der Waals surface area contributed by atoms with Crippen molar-refractivity contribution in [2.75, 3.05) is 30.0 Å². The lowest BCUT2D eigenvalue weighted by atomic mass is 9.99. The Balaban J connectivity index is 2.00. The van der Waals surface area contributed by atoms with E-state index in [1.54, 1.807) is 6.92 Å². The van der Waals surface area contributed by atoms with Crippen LogP contribution in [-0.4, -0.2) is 56.7 Å². The van der Waals surface area contributed by atoms with Crippen LogP contribution >= 0.6 is 0 Å². The van der Waals surface area contributed by atoms with Crippen LogP contribution in [0.1, 0.15) is 11.1 Å². The Morgan fingerprint density at radius 1 is 1.06 bits per heavy atom. The van der Waals surface area contributed by atoms with Gasteiger partial charge in [-0.2, -0.15) is 4.98 Å². The largest absolute Gasteiger partial charge is 0.394 e. The lowest BCUT2D eigenvalue weighted by molar-refractivity contribution is 0.0828. The number of aliphatic hydroxyl groups is 3. The van der Waals surface area contributed by atoms with Crippen molar-refractivity contribution < 1.29 is 33.3 Å². The van der Waals surface area contributed by atoms with Gasteiger partial charge in [0.25, 0.3) is 0 Å². The highest BCUT2D eigenvalue weighted by Gasteiger charge is 2.36. The van der Waals surface area contributed by atoms with Crippen molar-refractivity contribution in [1.82, 2.24) is 15.3 Å². The molecular weight excluding hydrogens is 467 g/mol. The summed E-state index contributed by atoms with van der Waals surface area (Å²) in [7, 11) is 0. The first-order chi connectivity index (χ1) is 16.7. The topological polar surface area (TPSA) is 131 Å². The zero-order valence-corrected chi connectivity index (χ0v) is 18.5. The second-order valence-corrected chi connectivity index (χ2v) is 8.10. The maximum absolute atomic E-state index is 14.7. The first-order valence-corrected chi connectivity index (χ1v) is 10.5. The van der Waals surface area contributed by atoms with Crippen molar-refractivity contribution in [3.8, 4) is 11.3 Å². The van der Waals surface area contributed by atoms with Crippen LogP contribution in [0, 0.1) is 24.4 Å². The molecule has 0 radical (unpaired) electrons. The highest BCUT2D eigenvalue weighted by atomic mass is 19.1. The van der Waals surface area contributed by atoms with Crippen molar-refractivity contribution in [2.24, 2.45) is 0 Å². The highest BCUT2D eigenvalue weighted by Crippen LogP contribution is 2.39. The summed E-state index contributed by atoms with van der Waals surface area (Å²) in [6.07, 6.45) is 0. The Kier molecular flexibility index (Phi) is 6.61. The Morgan fingerprint density at radius 3 is 2.31 bits per heavy atom. The summed E-state index contributed by atoms with van der Waals surface area (Å²) < 4.78 is 43.2. The van der Waals surface area contributed by atoms with Gasteiger partial charge in [0.1, 0.15) is 28.7 Å². The summed E-state index contributed by atoms with van der Waals surface area (Å²) >= 11 is 0. The maximum atomic E-state index is 14.7. The number of carbonyl (C=O) groups excluding carboxylic acids is 1. The zero-order chi connectivity index (χ0) is 25.3. The van der Waals surface area contributed by atoms with E-state index in [-0.39, 0.29) is 29.6 Å². The van der Waals surface area contributed by atoms with Gasteiger partial charge in [-0.15, -0.1) is 0 Å². The molecule has 0 saturated carbocycles. The van der Waals surface area contributed by atoms with Gasteiger partial charge in [-0.05, 0) is 42.8 Å². The molecule has 2 aromatic carbocycles. The maximum Gasteiger partial charge on any atom is 0.328 e. The van der Waals surface area contributed by atoms with Gasteiger partial charge in [0, 0.05) is 11.1 Å². The van der Waals surface area contributed by atoms with Gasteiger partial charge in [0.15, 0.2) is 5.82 Å². The van der Waals surface area contributed by atoms with E-state index in [9.17, 15) is 33.3 Å². The number of aromatic nitrogens is 2. The van der Waals surface area contributed by atoms with Crippen LogP contribution in [0.15, 0.2) is 36.4 Å². The molecule has 0 atom stereocenters. The van der Waals surface area contributed by atoms with Crippen molar-refractivity contribution in [1.29, 1.82) is 0 Å². The molecule has 2 amide bonds. The van der Waals surface area contributed by atoms with Crippen LogP contribution in [0.5, 0.6) is 0 Å². The third kappa shape index (κ3) is 4.38. The standard InChI is InChI=1S/C23H22F3N5O4/c1-12-7-13(24)5-6-14(12)18-15-8-27-22(35)31(19-16(25)3-2-4-17(19)26)20(15)29-21(28-18)30-23(9-32,10-33)11-34/h2-7,32-34H,8-11H2,1H3,(H,27,35)(H,28,29,30). The van der Waals surface area contributed by atoms with E-state index >= 15 is 0 Å². The minimum atomic E-state index is -1.64. The van der Waals surface area contributed by atoms with Crippen LogP contribution in [0.2, 0.25) is 0 Å². The first-order valence-electron chi connectivity index (χ1n) is 10.5. The molecule has 5 N–H and O–H groups in total. The van der Waals surface area contributed by atoms with E-state index in [1.165, 1.54) is 18.2 Å². The van der Waals surface area contributed by atoms with E-state index in [4.69, 9.17) is 0 Å². The number of carbonyl (C=O) groups is 1. The van der Waals surface area contributed by atoms with Gasteiger partial charge < -0.3 is 26.0 Å². The quantitative estimate of drug-likeness (QED) is 0.344. The second kappa shape index (κ2) is 9.49. The first kappa shape index (κ1) is 24.4. The SMILES string of the molecule is Cc1cc(F)ccc1-c1nc(NC(CO)(CO)CO)nc2c1CNC(=O)N2c1c(F)cccc1F. The number of halogens is 3. The number of amides is 2. The summed E-state index contributed by atoms with van der Waals surface area (Å²) in [4.78, 5) is 22.2. The molecule has 0 spiro atoms. The monoisotopic (exact) mass is 489 g/mol. The lowest BCUT2D eigenvalue weighted by Crippen LogP contribution is -2.50. The minimum Gasteiger partial charge on any atom is -0.394 e.